The van der Waals surface area contributed by atoms with E-state index < -0.39 is 0 Å². The predicted octanol–water partition coefficient (Wildman–Crippen LogP) is 2.27. The SMILES string of the molecule is COC1(CN2CCCNC(CC(C)C)C2)CCC1. The molecular formula is C15H30N2O. The smallest absolute Gasteiger partial charge is 0.0805 e. The maximum absolute atomic E-state index is 5.77. The topological polar surface area (TPSA) is 24.5 Å². The highest BCUT2D eigenvalue weighted by Gasteiger charge is 2.39. The summed E-state index contributed by atoms with van der Waals surface area (Å²) in [5, 5.41) is 3.70. The summed E-state index contributed by atoms with van der Waals surface area (Å²) in [5.41, 5.74) is 0.187. The van der Waals surface area contributed by atoms with E-state index in [4.69, 9.17) is 4.74 Å². The highest BCUT2D eigenvalue weighted by Crippen LogP contribution is 2.35. The van der Waals surface area contributed by atoms with Gasteiger partial charge in [0, 0.05) is 26.2 Å². The number of nitrogens with one attached hydrogen (secondary N) is 1. The molecule has 0 aromatic rings. The van der Waals surface area contributed by atoms with E-state index in [2.05, 4.69) is 24.1 Å². The second kappa shape index (κ2) is 6.36. The molecule has 2 aliphatic rings. The van der Waals surface area contributed by atoms with E-state index in [-0.39, 0.29) is 5.60 Å². The van der Waals surface area contributed by atoms with Crippen molar-refractivity contribution in [3.05, 3.63) is 0 Å². The Bertz CT molecular complexity index is 245. The average molecular weight is 254 g/mol. The van der Waals surface area contributed by atoms with Gasteiger partial charge in [-0.1, -0.05) is 13.8 Å². The summed E-state index contributed by atoms with van der Waals surface area (Å²) < 4.78 is 5.77. The third-order valence-electron chi connectivity index (χ3n) is 4.53. The normalized spacial score (nSPS) is 29.0. The van der Waals surface area contributed by atoms with Gasteiger partial charge in [-0.2, -0.15) is 0 Å². The maximum atomic E-state index is 5.77. The molecule has 2 rings (SSSR count). The van der Waals surface area contributed by atoms with Crippen LogP contribution in [0.15, 0.2) is 0 Å². The molecule has 0 amide bonds. The monoisotopic (exact) mass is 254 g/mol. The molecule has 1 unspecified atom stereocenters. The Hall–Kier alpha value is -0.120. The summed E-state index contributed by atoms with van der Waals surface area (Å²) in [6.07, 6.45) is 6.41. The van der Waals surface area contributed by atoms with Gasteiger partial charge in [-0.25, -0.2) is 0 Å². The van der Waals surface area contributed by atoms with E-state index in [9.17, 15) is 0 Å². The van der Waals surface area contributed by atoms with Gasteiger partial charge in [0.2, 0.25) is 0 Å². The zero-order valence-electron chi connectivity index (χ0n) is 12.4. The molecule has 3 heteroatoms. The Morgan fingerprint density at radius 3 is 2.67 bits per heavy atom. The molecule has 1 saturated heterocycles. The van der Waals surface area contributed by atoms with Gasteiger partial charge in [0.05, 0.1) is 5.60 Å². The van der Waals surface area contributed by atoms with Gasteiger partial charge >= 0.3 is 0 Å². The first-order valence-corrected chi connectivity index (χ1v) is 7.64. The van der Waals surface area contributed by atoms with Crippen molar-refractivity contribution >= 4 is 0 Å². The van der Waals surface area contributed by atoms with Gasteiger partial charge < -0.3 is 10.1 Å². The molecule has 0 bridgehead atoms. The van der Waals surface area contributed by atoms with Crippen LogP contribution in [0.3, 0.4) is 0 Å². The first-order chi connectivity index (χ1) is 8.63. The fourth-order valence-electron chi connectivity index (χ4n) is 3.35. The minimum Gasteiger partial charge on any atom is -0.377 e. The first kappa shape index (κ1) is 14.3. The van der Waals surface area contributed by atoms with Crippen molar-refractivity contribution in [3.63, 3.8) is 0 Å². The highest BCUT2D eigenvalue weighted by atomic mass is 16.5. The Labute approximate surface area is 112 Å². The molecule has 0 aromatic heterocycles. The summed E-state index contributed by atoms with van der Waals surface area (Å²) in [5.74, 6) is 0.780. The highest BCUT2D eigenvalue weighted by molar-refractivity contribution is 4.93. The van der Waals surface area contributed by atoms with Gasteiger partial charge in [0.25, 0.3) is 0 Å². The van der Waals surface area contributed by atoms with Crippen LogP contribution in [0.2, 0.25) is 0 Å². The molecule has 1 aliphatic carbocycles. The molecule has 1 aliphatic heterocycles. The molecule has 1 atom stereocenters. The largest absolute Gasteiger partial charge is 0.377 e. The van der Waals surface area contributed by atoms with Crippen molar-refractivity contribution < 1.29 is 4.74 Å². The molecule has 1 saturated carbocycles. The van der Waals surface area contributed by atoms with Crippen molar-refractivity contribution in [1.82, 2.24) is 10.2 Å². The van der Waals surface area contributed by atoms with Crippen LogP contribution in [0.4, 0.5) is 0 Å². The van der Waals surface area contributed by atoms with Crippen molar-refractivity contribution in [3.8, 4) is 0 Å². The van der Waals surface area contributed by atoms with Crippen LogP contribution in [0, 0.1) is 5.92 Å². The molecule has 3 nitrogen and oxygen atoms in total. The fraction of sp³-hybridized carbons (Fsp3) is 1.00. The van der Waals surface area contributed by atoms with Gasteiger partial charge in [0.1, 0.15) is 0 Å². The summed E-state index contributed by atoms with van der Waals surface area (Å²) >= 11 is 0. The van der Waals surface area contributed by atoms with Crippen molar-refractivity contribution in [2.75, 3.05) is 33.3 Å². The molecule has 0 spiro atoms. The zero-order chi connectivity index (χ0) is 13.0. The Kier molecular flexibility index (Phi) is 5.05. The van der Waals surface area contributed by atoms with Crippen LogP contribution >= 0.6 is 0 Å². The third kappa shape index (κ3) is 3.69. The molecule has 1 heterocycles. The number of nitrogens with zero attached hydrogens (tertiary/aromatic N) is 1. The lowest BCUT2D eigenvalue weighted by Crippen LogP contribution is -2.51. The second-order valence-corrected chi connectivity index (χ2v) is 6.61. The van der Waals surface area contributed by atoms with Crippen molar-refractivity contribution in [1.29, 1.82) is 0 Å². The van der Waals surface area contributed by atoms with Crippen LogP contribution in [-0.2, 0) is 4.74 Å². The van der Waals surface area contributed by atoms with E-state index in [1.165, 1.54) is 51.7 Å². The molecule has 0 aromatic carbocycles. The molecule has 0 radical (unpaired) electrons. The van der Waals surface area contributed by atoms with Crippen molar-refractivity contribution in [2.24, 2.45) is 5.92 Å². The maximum Gasteiger partial charge on any atom is 0.0805 e. The first-order valence-electron chi connectivity index (χ1n) is 7.64. The molecule has 2 fully saturated rings. The summed E-state index contributed by atoms with van der Waals surface area (Å²) in [4.78, 5) is 2.63. The van der Waals surface area contributed by atoms with Gasteiger partial charge in [-0.15, -0.1) is 0 Å². The summed E-state index contributed by atoms with van der Waals surface area (Å²) in [6, 6.07) is 0.668. The lowest BCUT2D eigenvalue weighted by molar-refractivity contribution is -0.0915. The minimum atomic E-state index is 0.187. The number of ether oxygens (including phenoxy) is 1. The number of hydrogen-bond acceptors (Lipinski definition) is 3. The minimum absolute atomic E-state index is 0.187. The third-order valence-corrected chi connectivity index (χ3v) is 4.53. The van der Waals surface area contributed by atoms with Gasteiger partial charge in [0.15, 0.2) is 0 Å². The fourth-order valence-corrected chi connectivity index (χ4v) is 3.35. The van der Waals surface area contributed by atoms with Crippen LogP contribution in [0.25, 0.3) is 0 Å². The van der Waals surface area contributed by atoms with E-state index in [0.717, 1.165) is 12.5 Å². The van der Waals surface area contributed by atoms with E-state index in [1.807, 2.05) is 7.11 Å². The Morgan fingerprint density at radius 1 is 1.33 bits per heavy atom. The summed E-state index contributed by atoms with van der Waals surface area (Å²) in [6.45, 7) is 9.38. The van der Waals surface area contributed by atoms with Gasteiger partial charge in [-0.3, -0.25) is 4.90 Å². The van der Waals surface area contributed by atoms with Crippen LogP contribution in [0.1, 0.15) is 46.0 Å². The van der Waals surface area contributed by atoms with E-state index in [0.29, 0.717) is 6.04 Å². The predicted molar refractivity (Wildman–Crippen MR) is 75.9 cm³/mol. The lowest BCUT2D eigenvalue weighted by atomic mass is 9.79. The molecule has 18 heavy (non-hydrogen) atoms. The zero-order valence-corrected chi connectivity index (χ0v) is 12.4. The van der Waals surface area contributed by atoms with Gasteiger partial charge in [-0.05, 0) is 51.1 Å². The molecular weight excluding hydrogens is 224 g/mol. The van der Waals surface area contributed by atoms with Crippen LogP contribution < -0.4 is 5.32 Å². The van der Waals surface area contributed by atoms with E-state index >= 15 is 0 Å². The number of methoxy groups -OCH3 is 1. The molecule has 1 N–H and O–H groups in total. The lowest BCUT2D eigenvalue weighted by Gasteiger charge is -2.44. The second-order valence-electron chi connectivity index (χ2n) is 6.61. The van der Waals surface area contributed by atoms with E-state index in [1.54, 1.807) is 0 Å². The van der Waals surface area contributed by atoms with Crippen molar-refractivity contribution in [2.45, 2.75) is 57.6 Å². The quantitative estimate of drug-likeness (QED) is 0.814. The average Bonchev–Trinajstić information content (AvgIpc) is 2.48. The van der Waals surface area contributed by atoms with Crippen LogP contribution in [0.5, 0.6) is 0 Å². The molecule has 106 valence electrons. The standard InChI is InChI=1S/C15H30N2O/c1-13(2)10-14-11-17(9-5-8-16-14)12-15(18-3)6-4-7-15/h13-14,16H,4-12H2,1-3H3. The number of rotatable bonds is 5. The summed E-state index contributed by atoms with van der Waals surface area (Å²) in [7, 11) is 1.89. The Morgan fingerprint density at radius 2 is 2.11 bits per heavy atom. The number of hydrogen-bond donors (Lipinski definition) is 1. The Balaban J connectivity index is 1.86. The van der Waals surface area contributed by atoms with Crippen LogP contribution in [-0.4, -0.2) is 49.8 Å².